The summed E-state index contributed by atoms with van der Waals surface area (Å²) in [5.74, 6) is 1.27. The van der Waals surface area contributed by atoms with E-state index in [0.717, 1.165) is 51.7 Å². The maximum absolute atomic E-state index is 12.6. The molecular formula is C25H24N2O3. The van der Waals surface area contributed by atoms with Gasteiger partial charge in [0.25, 0.3) is 0 Å². The van der Waals surface area contributed by atoms with E-state index in [1.165, 1.54) is 5.56 Å². The third-order valence-electron chi connectivity index (χ3n) is 6.06. The van der Waals surface area contributed by atoms with Crippen LogP contribution in [0.15, 0.2) is 57.9 Å². The number of esters is 1. The van der Waals surface area contributed by atoms with Gasteiger partial charge in [-0.05, 0) is 48.7 Å². The molecule has 0 bridgehead atoms. The number of nitrogens with zero attached hydrogens (tertiary/aromatic N) is 1. The number of ether oxygens (including phenoxy) is 1. The van der Waals surface area contributed by atoms with E-state index in [2.05, 4.69) is 37.4 Å². The summed E-state index contributed by atoms with van der Waals surface area (Å²) in [6.45, 7) is 6.46. The molecule has 0 saturated carbocycles. The van der Waals surface area contributed by atoms with Gasteiger partial charge in [-0.3, -0.25) is 9.79 Å². The molecule has 0 aliphatic carbocycles. The third-order valence-corrected chi connectivity index (χ3v) is 6.06. The zero-order valence-corrected chi connectivity index (χ0v) is 17.4. The molecule has 1 N–H and O–H groups in total. The number of nitrogens with one attached hydrogen (secondary N) is 1. The lowest BCUT2D eigenvalue weighted by molar-refractivity contribution is -0.141. The summed E-state index contributed by atoms with van der Waals surface area (Å²) in [7, 11) is 0. The average molecular weight is 400 g/mol. The molecule has 1 saturated heterocycles. The highest BCUT2D eigenvalue weighted by molar-refractivity contribution is 6.10. The van der Waals surface area contributed by atoms with Crippen molar-refractivity contribution in [2.75, 3.05) is 11.9 Å². The number of anilines is 1. The minimum Gasteiger partial charge on any atom is -0.465 e. The van der Waals surface area contributed by atoms with Gasteiger partial charge >= 0.3 is 5.97 Å². The molecule has 3 heterocycles. The van der Waals surface area contributed by atoms with Crippen molar-refractivity contribution in [1.29, 1.82) is 0 Å². The summed E-state index contributed by atoms with van der Waals surface area (Å²) in [5.41, 5.74) is 6.96. The summed E-state index contributed by atoms with van der Waals surface area (Å²) in [6.07, 6.45) is 0.862. The smallest absolute Gasteiger partial charge is 0.317 e. The van der Waals surface area contributed by atoms with Crippen LogP contribution in [-0.2, 0) is 16.0 Å². The topological polar surface area (TPSA) is 63.8 Å². The molecule has 5 heteroatoms. The number of hydrogen-bond donors (Lipinski definition) is 1. The van der Waals surface area contributed by atoms with Crippen LogP contribution in [-0.4, -0.2) is 18.3 Å². The van der Waals surface area contributed by atoms with Gasteiger partial charge < -0.3 is 14.5 Å². The monoisotopic (exact) mass is 400 g/mol. The van der Waals surface area contributed by atoms with Crippen molar-refractivity contribution in [3.63, 3.8) is 0 Å². The van der Waals surface area contributed by atoms with Crippen molar-refractivity contribution < 1.29 is 13.9 Å². The number of para-hydroxylation sites is 2. The Morgan fingerprint density at radius 2 is 1.97 bits per heavy atom. The molecule has 5 nitrogen and oxygen atoms in total. The number of furan rings is 1. The largest absolute Gasteiger partial charge is 0.465 e. The van der Waals surface area contributed by atoms with E-state index in [-0.39, 0.29) is 18.6 Å². The van der Waals surface area contributed by atoms with Crippen LogP contribution < -0.4 is 5.32 Å². The van der Waals surface area contributed by atoms with Gasteiger partial charge in [-0.15, -0.1) is 0 Å². The van der Waals surface area contributed by atoms with Gasteiger partial charge in [0, 0.05) is 12.0 Å². The van der Waals surface area contributed by atoms with Gasteiger partial charge in [-0.1, -0.05) is 37.3 Å². The fraction of sp³-hybridized carbons (Fsp3) is 0.280. The Balaban J connectivity index is 1.62. The molecule has 2 unspecified atom stereocenters. The number of carbonyl (C=O) groups excluding carboxylic acids is 1. The van der Waals surface area contributed by atoms with Crippen LogP contribution in [0.1, 0.15) is 35.6 Å². The number of cyclic esters (lactones) is 1. The van der Waals surface area contributed by atoms with Gasteiger partial charge in [-0.2, -0.15) is 0 Å². The van der Waals surface area contributed by atoms with Gasteiger partial charge in [0.2, 0.25) is 0 Å². The summed E-state index contributed by atoms with van der Waals surface area (Å²) in [6, 6.07) is 16.0. The molecule has 0 radical (unpaired) electrons. The molecule has 30 heavy (non-hydrogen) atoms. The highest BCUT2D eigenvalue weighted by Crippen LogP contribution is 2.41. The SMILES string of the molecule is CCc1oc(C)c(-c2cccc(C3Nc4ccccc4N=C4COC(=O)C43)c2)c1C. The van der Waals surface area contributed by atoms with Crippen LogP contribution in [0.2, 0.25) is 0 Å². The van der Waals surface area contributed by atoms with Gasteiger partial charge in [-0.25, -0.2) is 0 Å². The van der Waals surface area contributed by atoms with E-state index in [1.54, 1.807) is 0 Å². The van der Waals surface area contributed by atoms with Gasteiger partial charge in [0.1, 0.15) is 24.0 Å². The van der Waals surface area contributed by atoms with Gasteiger partial charge in [0.05, 0.1) is 23.1 Å². The summed E-state index contributed by atoms with van der Waals surface area (Å²) >= 11 is 0. The van der Waals surface area contributed by atoms with E-state index in [9.17, 15) is 4.79 Å². The van der Waals surface area contributed by atoms with Crippen LogP contribution in [0.4, 0.5) is 11.4 Å². The second-order valence-electron chi connectivity index (χ2n) is 7.89. The molecule has 0 spiro atoms. The molecule has 5 rings (SSSR count). The van der Waals surface area contributed by atoms with Gasteiger partial charge in [0.15, 0.2) is 0 Å². The minimum absolute atomic E-state index is 0.228. The van der Waals surface area contributed by atoms with E-state index < -0.39 is 5.92 Å². The third kappa shape index (κ3) is 2.93. The highest BCUT2D eigenvalue weighted by atomic mass is 16.5. The van der Waals surface area contributed by atoms with Crippen molar-refractivity contribution in [2.24, 2.45) is 10.9 Å². The first kappa shape index (κ1) is 18.7. The normalized spacial score (nSPS) is 20.0. The standard InChI is InChI=1S/C25H24N2O3/c1-4-21-14(2)22(15(3)30-21)16-8-7-9-17(12-16)24-23-20(13-29-25(23)28)26-18-10-5-6-11-19(18)27-24/h5-12,23-24,27H,4,13H2,1-3H3. The molecule has 2 aliphatic rings. The fourth-order valence-electron chi connectivity index (χ4n) is 4.63. The van der Waals surface area contributed by atoms with Crippen molar-refractivity contribution >= 4 is 23.1 Å². The van der Waals surface area contributed by atoms with E-state index >= 15 is 0 Å². The lowest BCUT2D eigenvalue weighted by Crippen LogP contribution is -2.28. The Kier molecular flexibility index (Phi) is 4.46. The molecular weight excluding hydrogens is 376 g/mol. The number of rotatable bonds is 3. The predicted octanol–water partition coefficient (Wildman–Crippen LogP) is 5.54. The first-order chi connectivity index (χ1) is 14.6. The maximum Gasteiger partial charge on any atom is 0.317 e. The van der Waals surface area contributed by atoms with E-state index in [1.807, 2.05) is 37.3 Å². The summed E-state index contributed by atoms with van der Waals surface area (Å²) in [5, 5.41) is 3.56. The van der Waals surface area contributed by atoms with Crippen molar-refractivity contribution in [3.8, 4) is 11.1 Å². The van der Waals surface area contributed by atoms with Crippen molar-refractivity contribution in [1.82, 2.24) is 0 Å². The van der Waals surface area contributed by atoms with Crippen molar-refractivity contribution in [2.45, 2.75) is 33.2 Å². The fourth-order valence-corrected chi connectivity index (χ4v) is 4.63. The molecule has 2 aromatic carbocycles. The molecule has 0 amide bonds. The van der Waals surface area contributed by atoms with Crippen molar-refractivity contribution in [3.05, 3.63) is 71.2 Å². The molecule has 1 fully saturated rings. The maximum atomic E-state index is 12.6. The second-order valence-corrected chi connectivity index (χ2v) is 7.89. The zero-order chi connectivity index (χ0) is 20.8. The quantitative estimate of drug-likeness (QED) is 0.587. The van der Waals surface area contributed by atoms with E-state index in [0.29, 0.717) is 0 Å². The van der Waals surface area contributed by atoms with Crippen LogP contribution >= 0.6 is 0 Å². The lowest BCUT2D eigenvalue weighted by atomic mass is 9.88. The molecule has 152 valence electrons. The molecule has 2 atom stereocenters. The van der Waals surface area contributed by atoms with E-state index in [4.69, 9.17) is 14.1 Å². The minimum atomic E-state index is -0.439. The number of aryl methyl sites for hydroxylation is 2. The number of carbonyl (C=O) groups is 1. The predicted molar refractivity (Wildman–Crippen MR) is 117 cm³/mol. The van der Waals surface area contributed by atoms with Crippen LogP contribution in [0.25, 0.3) is 11.1 Å². The Labute approximate surface area is 175 Å². The number of hydrogen-bond acceptors (Lipinski definition) is 5. The van der Waals surface area contributed by atoms with Crippen LogP contribution in [0.5, 0.6) is 0 Å². The highest BCUT2D eigenvalue weighted by Gasteiger charge is 2.42. The first-order valence-corrected chi connectivity index (χ1v) is 10.4. The first-order valence-electron chi connectivity index (χ1n) is 10.4. The second kappa shape index (κ2) is 7.17. The Bertz CT molecular complexity index is 1170. The zero-order valence-electron chi connectivity index (χ0n) is 17.4. The molecule has 3 aromatic rings. The Morgan fingerprint density at radius 3 is 2.77 bits per heavy atom. The Morgan fingerprint density at radius 1 is 1.13 bits per heavy atom. The molecule has 2 aliphatic heterocycles. The average Bonchev–Trinajstić information content (AvgIpc) is 3.19. The molecule has 1 aromatic heterocycles. The summed E-state index contributed by atoms with van der Waals surface area (Å²) in [4.78, 5) is 17.4. The van der Waals surface area contributed by atoms with Crippen LogP contribution in [0.3, 0.4) is 0 Å². The van der Waals surface area contributed by atoms with Crippen LogP contribution in [0, 0.1) is 19.8 Å². The number of benzene rings is 2. The Hall–Kier alpha value is -3.34. The summed E-state index contributed by atoms with van der Waals surface area (Å²) < 4.78 is 11.3. The number of fused-ring (bicyclic) bond motifs is 2. The number of aliphatic imine (C=N–C) groups is 1. The lowest BCUT2D eigenvalue weighted by Gasteiger charge is -2.23.